The van der Waals surface area contributed by atoms with Gasteiger partial charge in [0.2, 0.25) is 0 Å². The molecule has 0 atom stereocenters. The molecular weight excluding hydrogens is 252 g/mol. The van der Waals surface area contributed by atoms with Crippen molar-refractivity contribution < 1.29 is 0 Å². The minimum Gasteiger partial charge on any atom is -0.357 e. The van der Waals surface area contributed by atoms with Crippen LogP contribution in [0.3, 0.4) is 0 Å². The van der Waals surface area contributed by atoms with Gasteiger partial charge in [-0.05, 0) is 68.6 Å². The summed E-state index contributed by atoms with van der Waals surface area (Å²) in [6.07, 6.45) is 6.23. The van der Waals surface area contributed by atoms with Gasteiger partial charge in [-0.2, -0.15) is 0 Å². The number of anilines is 1. The summed E-state index contributed by atoms with van der Waals surface area (Å²) in [5.74, 6) is 0. The molecule has 0 radical (unpaired) electrons. The smallest absolute Gasteiger partial charge is 0.171 e. The van der Waals surface area contributed by atoms with Crippen LogP contribution in [0.25, 0.3) is 0 Å². The lowest BCUT2D eigenvalue weighted by molar-refractivity contribution is 0.378. The van der Waals surface area contributed by atoms with Crippen LogP contribution in [0.5, 0.6) is 0 Å². The zero-order valence-electron chi connectivity index (χ0n) is 12.2. The summed E-state index contributed by atoms with van der Waals surface area (Å²) in [5.41, 5.74) is 3.90. The molecule has 0 saturated heterocycles. The van der Waals surface area contributed by atoms with Crippen molar-refractivity contribution in [2.75, 3.05) is 5.32 Å². The first-order valence-corrected chi connectivity index (χ1v) is 7.62. The fraction of sp³-hybridized carbons (Fsp3) is 0.562. The lowest BCUT2D eigenvalue weighted by Gasteiger charge is -2.30. The molecule has 1 aromatic rings. The van der Waals surface area contributed by atoms with Crippen molar-refractivity contribution in [2.45, 2.75) is 58.4 Å². The van der Waals surface area contributed by atoms with E-state index in [-0.39, 0.29) is 5.54 Å². The van der Waals surface area contributed by atoms with Crippen LogP contribution in [0.1, 0.15) is 50.2 Å². The van der Waals surface area contributed by atoms with Gasteiger partial charge in [0.15, 0.2) is 5.11 Å². The van der Waals surface area contributed by atoms with Gasteiger partial charge in [0.25, 0.3) is 0 Å². The highest BCUT2D eigenvalue weighted by Gasteiger charge is 2.32. The average molecular weight is 276 g/mol. The largest absolute Gasteiger partial charge is 0.357 e. The van der Waals surface area contributed by atoms with E-state index in [1.54, 1.807) is 0 Å². The van der Waals surface area contributed by atoms with E-state index in [1.165, 1.54) is 36.8 Å². The summed E-state index contributed by atoms with van der Waals surface area (Å²) in [7, 11) is 0. The minimum absolute atomic E-state index is 0.226. The van der Waals surface area contributed by atoms with E-state index in [9.17, 15) is 0 Å². The molecule has 0 spiro atoms. The lowest BCUT2D eigenvalue weighted by Crippen LogP contribution is -2.47. The third-order valence-corrected chi connectivity index (χ3v) is 4.59. The zero-order valence-corrected chi connectivity index (χ0v) is 13.0. The van der Waals surface area contributed by atoms with Gasteiger partial charge in [-0.15, -0.1) is 0 Å². The maximum Gasteiger partial charge on any atom is 0.171 e. The molecular formula is C16H24N2S. The Bertz CT molecular complexity index is 462. The molecule has 0 unspecified atom stereocenters. The number of benzene rings is 1. The number of nitrogens with one attached hydrogen (secondary N) is 2. The standard InChI is InChI=1S/C16H24N2S/c1-4-16(9-5-6-10-16)18-15(19)17-14-8-7-12(2)13(3)11-14/h7-8,11H,4-6,9-10H2,1-3H3,(H2,17,18,19). The van der Waals surface area contributed by atoms with Crippen LogP contribution in [0.15, 0.2) is 18.2 Å². The Hall–Kier alpha value is -1.09. The van der Waals surface area contributed by atoms with Crippen molar-refractivity contribution in [3.8, 4) is 0 Å². The van der Waals surface area contributed by atoms with Crippen molar-refractivity contribution in [2.24, 2.45) is 0 Å². The highest BCUT2D eigenvalue weighted by Crippen LogP contribution is 2.32. The van der Waals surface area contributed by atoms with Crippen molar-refractivity contribution in [1.29, 1.82) is 0 Å². The van der Waals surface area contributed by atoms with Crippen LogP contribution in [0, 0.1) is 13.8 Å². The Morgan fingerprint density at radius 2 is 1.89 bits per heavy atom. The molecule has 0 bridgehead atoms. The van der Waals surface area contributed by atoms with Crippen molar-refractivity contribution in [3.05, 3.63) is 29.3 Å². The molecule has 0 amide bonds. The van der Waals surface area contributed by atoms with Crippen LogP contribution >= 0.6 is 12.2 Å². The average Bonchev–Trinajstić information content (AvgIpc) is 2.83. The Labute approximate surface area is 122 Å². The van der Waals surface area contributed by atoms with Gasteiger partial charge in [-0.25, -0.2) is 0 Å². The highest BCUT2D eigenvalue weighted by molar-refractivity contribution is 7.80. The number of thiocarbonyl (C=S) groups is 1. The zero-order chi connectivity index (χ0) is 13.9. The molecule has 104 valence electrons. The molecule has 1 aliphatic carbocycles. The molecule has 2 N–H and O–H groups in total. The molecule has 2 rings (SSSR count). The van der Waals surface area contributed by atoms with E-state index in [0.29, 0.717) is 0 Å². The van der Waals surface area contributed by atoms with Crippen molar-refractivity contribution in [3.63, 3.8) is 0 Å². The Balaban J connectivity index is 1.99. The molecule has 0 aliphatic heterocycles. The summed E-state index contributed by atoms with van der Waals surface area (Å²) < 4.78 is 0. The molecule has 19 heavy (non-hydrogen) atoms. The second kappa shape index (κ2) is 5.91. The molecule has 0 aromatic heterocycles. The topological polar surface area (TPSA) is 24.1 Å². The number of hydrogen-bond acceptors (Lipinski definition) is 1. The first-order valence-electron chi connectivity index (χ1n) is 7.21. The van der Waals surface area contributed by atoms with Gasteiger partial charge in [-0.1, -0.05) is 25.8 Å². The van der Waals surface area contributed by atoms with Gasteiger partial charge in [0.1, 0.15) is 0 Å². The predicted molar refractivity (Wildman–Crippen MR) is 86.8 cm³/mol. The van der Waals surface area contributed by atoms with E-state index in [4.69, 9.17) is 12.2 Å². The normalized spacial score (nSPS) is 17.2. The van der Waals surface area contributed by atoms with Gasteiger partial charge in [0.05, 0.1) is 0 Å². The molecule has 3 heteroatoms. The first-order chi connectivity index (χ1) is 9.04. The summed E-state index contributed by atoms with van der Waals surface area (Å²) >= 11 is 5.46. The molecule has 0 heterocycles. The highest BCUT2D eigenvalue weighted by atomic mass is 32.1. The second-order valence-electron chi connectivity index (χ2n) is 5.72. The summed E-state index contributed by atoms with van der Waals surface area (Å²) in [6.45, 7) is 6.50. The van der Waals surface area contributed by atoms with E-state index in [1.807, 2.05) is 0 Å². The molecule has 1 saturated carbocycles. The van der Waals surface area contributed by atoms with E-state index in [0.717, 1.165) is 17.2 Å². The van der Waals surface area contributed by atoms with Gasteiger partial charge >= 0.3 is 0 Å². The molecule has 1 aliphatic rings. The summed E-state index contributed by atoms with van der Waals surface area (Å²) in [6, 6.07) is 6.37. The van der Waals surface area contributed by atoms with E-state index >= 15 is 0 Å². The lowest BCUT2D eigenvalue weighted by atomic mass is 9.94. The van der Waals surface area contributed by atoms with Crippen LogP contribution in [-0.2, 0) is 0 Å². The van der Waals surface area contributed by atoms with Crippen molar-refractivity contribution >= 4 is 23.0 Å². The Morgan fingerprint density at radius 1 is 1.21 bits per heavy atom. The maximum atomic E-state index is 5.46. The van der Waals surface area contributed by atoms with E-state index < -0.39 is 0 Å². The number of aryl methyl sites for hydroxylation is 2. The van der Waals surface area contributed by atoms with Gasteiger partial charge in [-0.3, -0.25) is 0 Å². The van der Waals surface area contributed by atoms with Gasteiger partial charge < -0.3 is 10.6 Å². The third kappa shape index (κ3) is 3.47. The van der Waals surface area contributed by atoms with E-state index in [2.05, 4.69) is 49.6 Å². The minimum atomic E-state index is 0.226. The SMILES string of the molecule is CCC1(NC(=S)Nc2ccc(C)c(C)c2)CCCC1. The second-order valence-corrected chi connectivity index (χ2v) is 6.13. The summed E-state index contributed by atoms with van der Waals surface area (Å²) in [5, 5.41) is 7.62. The van der Waals surface area contributed by atoms with Crippen molar-refractivity contribution in [1.82, 2.24) is 5.32 Å². The fourth-order valence-corrected chi connectivity index (χ4v) is 3.18. The molecule has 1 aromatic carbocycles. The third-order valence-electron chi connectivity index (χ3n) is 4.38. The monoisotopic (exact) mass is 276 g/mol. The van der Waals surface area contributed by atoms with Crippen LogP contribution in [0.2, 0.25) is 0 Å². The molecule has 1 fully saturated rings. The maximum absolute atomic E-state index is 5.46. The van der Waals surface area contributed by atoms with Crippen LogP contribution in [-0.4, -0.2) is 10.7 Å². The number of rotatable bonds is 3. The molecule has 2 nitrogen and oxygen atoms in total. The summed E-state index contributed by atoms with van der Waals surface area (Å²) in [4.78, 5) is 0. The number of hydrogen-bond donors (Lipinski definition) is 2. The Kier molecular flexibility index (Phi) is 4.46. The van der Waals surface area contributed by atoms with Crippen LogP contribution in [0.4, 0.5) is 5.69 Å². The predicted octanol–water partition coefficient (Wildman–Crippen LogP) is 4.31. The first kappa shape index (κ1) is 14.3. The fourth-order valence-electron chi connectivity index (χ4n) is 2.84. The Morgan fingerprint density at radius 3 is 2.47 bits per heavy atom. The quantitative estimate of drug-likeness (QED) is 0.804. The van der Waals surface area contributed by atoms with Gasteiger partial charge in [0, 0.05) is 11.2 Å². The van der Waals surface area contributed by atoms with Crippen LogP contribution < -0.4 is 10.6 Å².